The van der Waals surface area contributed by atoms with Gasteiger partial charge in [-0.25, -0.2) is 8.42 Å². The summed E-state index contributed by atoms with van der Waals surface area (Å²) in [6.45, 7) is 3.59. The Balaban J connectivity index is 2.78. The molecule has 124 valence electrons. The van der Waals surface area contributed by atoms with Crippen molar-refractivity contribution in [3.8, 4) is 0 Å². The highest BCUT2D eigenvalue weighted by atomic mass is 80.0. The molecule has 0 saturated carbocycles. The number of carbonyl (C=O) groups excluding carboxylic acids is 1. The molecule has 22 heavy (non-hydrogen) atoms. The van der Waals surface area contributed by atoms with E-state index in [0.717, 1.165) is 0 Å². The second-order valence-electron chi connectivity index (χ2n) is 4.28. The fourth-order valence-electron chi connectivity index (χ4n) is 1.56. The molecular weight excluding hydrogens is 506 g/mol. The Morgan fingerprint density at radius 2 is 2.00 bits per heavy atom. The largest absolute Gasteiger partial charge is 0.382 e. The Bertz CT molecular complexity index is 614. The summed E-state index contributed by atoms with van der Waals surface area (Å²) in [5.41, 5.74) is 0.286. The molecule has 0 aromatic heterocycles. The summed E-state index contributed by atoms with van der Waals surface area (Å²) in [5, 5.41) is 2.73. The lowest BCUT2D eigenvalue weighted by Crippen LogP contribution is -2.26. The summed E-state index contributed by atoms with van der Waals surface area (Å²) < 4.78 is 28.3. The van der Waals surface area contributed by atoms with Crippen molar-refractivity contribution in [3.63, 3.8) is 0 Å². The van der Waals surface area contributed by atoms with E-state index in [1.54, 1.807) is 6.07 Å². The number of hydrogen-bond donors (Lipinski definition) is 1. The van der Waals surface area contributed by atoms with Crippen molar-refractivity contribution in [1.82, 2.24) is 5.32 Å². The average Bonchev–Trinajstić information content (AvgIpc) is 2.45. The smallest absolute Gasteiger partial charge is 0.251 e. The first-order valence-electron chi connectivity index (χ1n) is 6.47. The number of nitrogens with one attached hydrogen (secondary N) is 1. The minimum Gasteiger partial charge on any atom is -0.382 e. The molecule has 0 unspecified atom stereocenters. The molecule has 0 radical (unpaired) electrons. The van der Waals surface area contributed by atoms with Crippen LogP contribution in [0.1, 0.15) is 23.7 Å². The lowest BCUT2D eigenvalue weighted by atomic mass is 10.2. The van der Waals surface area contributed by atoms with Gasteiger partial charge in [0.15, 0.2) is 0 Å². The van der Waals surface area contributed by atoms with Crippen LogP contribution in [-0.4, -0.2) is 35.6 Å². The van der Waals surface area contributed by atoms with E-state index in [1.165, 1.54) is 18.2 Å². The summed E-state index contributed by atoms with van der Waals surface area (Å²) in [7, 11) is -3.71. The predicted octanol–water partition coefficient (Wildman–Crippen LogP) is 3.41. The molecule has 0 fully saturated rings. The zero-order valence-electron chi connectivity index (χ0n) is 11.8. The summed E-state index contributed by atoms with van der Waals surface area (Å²) in [6, 6.07) is 5.86. The van der Waals surface area contributed by atoms with Crippen LogP contribution < -0.4 is 5.32 Å². The molecule has 5 nitrogen and oxygen atoms in total. The van der Waals surface area contributed by atoms with Crippen molar-refractivity contribution in [1.29, 1.82) is 0 Å². The first-order chi connectivity index (χ1) is 10.2. The Kier molecular flexibility index (Phi) is 8.01. The van der Waals surface area contributed by atoms with Gasteiger partial charge < -0.3 is 10.1 Å². The molecule has 0 atom stereocenters. The third kappa shape index (κ3) is 5.59. The zero-order valence-corrected chi connectivity index (χ0v) is 17.4. The molecule has 9 heteroatoms. The Labute approximate surface area is 155 Å². The standard InChI is InChI=1S/C13H16Br3NO4S/c1-2-21-8-4-7-17-12(18)10-5-3-6-11(9-10)22(19,20)13(14,15)16/h3,5-6,9H,2,4,7-8H2,1H3,(H,17,18). The number of ether oxygens (including phenoxy) is 1. The SMILES string of the molecule is CCOCCCNC(=O)c1cccc(S(=O)(=O)C(Br)(Br)Br)c1. The van der Waals surface area contributed by atoms with Crippen molar-refractivity contribution >= 4 is 63.5 Å². The van der Waals surface area contributed by atoms with E-state index in [1.807, 2.05) is 6.92 Å². The van der Waals surface area contributed by atoms with Crippen molar-refractivity contribution in [2.75, 3.05) is 19.8 Å². The molecule has 1 rings (SSSR count). The zero-order chi connectivity index (χ0) is 16.8. The minimum atomic E-state index is -3.71. The van der Waals surface area contributed by atoms with Crippen molar-refractivity contribution in [2.45, 2.75) is 19.7 Å². The maximum atomic E-state index is 12.3. The van der Waals surface area contributed by atoms with E-state index < -0.39 is 11.3 Å². The third-order valence-corrected chi connectivity index (χ3v) is 7.99. The van der Waals surface area contributed by atoms with Crippen LogP contribution in [0.4, 0.5) is 0 Å². The monoisotopic (exact) mass is 519 g/mol. The maximum Gasteiger partial charge on any atom is 0.251 e. The maximum absolute atomic E-state index is 12.3. The molecule has 1 amide bonds. The Morgan fingerprint density at radius 1 is 1.32 bits per heavy atom. The summed E-state index contributed by atoms with van der Waals surface area (Å²) in [5.74, 6) is -0.321. The highest BCUT2D eigenvalue weighted by Crippen LogP contribution is 2.43. The van der Waals surface area contributed by atoms with Gasteiger partial charge in [0.05, 0.1) is 4.90 Å². The average molecular weight is 522 g/mol. The first-order valence-corrected chi connectivity index (χ1v) is 10.3. The molecule has 0 aliphatic heterocycles. The summed E-state index contributed by atoms with van der Waals surface area (Å²) in [4.78, 5) is 12.1. The quantitative estimate of drug-likeness (QED) is 0.441. The number of benzene rings is 1. The van der Waals surface area contributed by atoms with Crippen molar-refractivity contribution in [2.24, 2.45) is 0 Å². The van der Waals surface area contributed by atoms with E-state index in [-0.39, 0.29) is 16.4 Å². The van der Waals surface area contributed by atoms with Gasteiger partial charge in [0.2, 0.25) is 11.3 Å². The van der Waals surface area contributed by atoms with Gasteiger partial charge in [-0.1, -0.05) is 6.07 Å². The van der Waals surface area contributed by atoms with Crippen LogP contribution >= 0.6 is 47.8 Å². The van der Waals surface area contributed by atoms with Gasteiger partial charge in [-0.2, -0.15) is 0 Å². The topological polar surface area (TPSA) is 72.5 Å². The normalized spacial score (nSPS) is 12.2. The van der Waals surface area contributed by atoms with Crippen LogP contribution in [0, 0.1) is 0 Å². The first kappa shape index (κ1) is 20.1. The minimum absolute atomic E-state index is 0.0279. The van der Waals surface area contributed by atoms with Gasteiger partial charge in [-0.3, -0.25) is 4.79 Å². The highest BCUT2D eigenvalue weighted by Gasteiger charge is 2.37. The number of amides is 1. The molecular formula is C13H16Br3NO4S. The second-order valence-corrected chi connectivity index (χ2v) is 14.7. The molecule has 0 bridgehead atoms. The van der Waals surface area contributed by atoms with Gasteiger partial charge >= 0.3 is 0 Å². The molecule has 1 aromatic rings. The van der Waals surface area contributed by atoms with E-state index in [2.05, 4.69) is 53.1 Å². The number of carbonyl (C=O) groups is 1. The van der Waals surface area contributed by atoms with Crippen LogP contribution in [-0.2, 0) is 14.6 Å². The third-order valence-electron chi connectivity index (χ3n) is 2.67. The highest BCUT2D eigenvalue weighted by molar-refractivity contribution is 9.42. The fraction of sp³-hybridized carbons (Fsp3) is 0.462. The van der Waals surface area contributed by atoms with Crippen LogP contribution in [0.3, 0.4) is 0 Å². The Hall–Kier alpha value is 0.0400. The fourth-order valence-corrected chi connectivity index (χ4v) is 4.05. The summed E-state index contributed by atoms with van der Waals surface area (Å²) in [6.07, 6.45) is 0.699. The molecule has 0 aliphatic rings. The number of halogens is 3. The molecule has 1 N–H and O–H groups in total. The summed E-state index contributed by atoms with van der Waals surface area (Å²) >= 11 is 8.99. The Morgan fingerprint density at radius 3 is 2.59 bits per heavy atom. The molecule has 0 spiro atoms. The van der Waals surface area contributed by atoms with Crippen molar-refractivity contribution < 1.29 is 17.9 Å². The van der Waals surface area contributed by atoms with Gasteiger partial charge in [0, 0.05) is 25.3 Å². The van der Waals surface area contributed by atoms with E-state index >= 15 is 0 Å². The van der Waals surface area contributed by atoms with E-state index in [9.17, 15) is 13.2 Å². The number of sulfone groups is 1. The van der Waals surface area contributed by atoms with E-state index in [0.29, 0.717) is 26.2 Å². The molecule has 0 aliphatic carbocycles. The predicted molar refractivity (Wildman–Crippen MR) is 96.6 cm³/mol. The van der Waals surface area contributed by atoms with Gasteiger partial charge in [0.1, 0.15) is 0 Å². The van der Waals surface area contributed by atoms with Crippen LogP contribution in [0.25, 0.3) is 0 Å². The number of alkyl halides is 3. The van der Waals surface area contributed by atoms with Crippen LogP contribution in [0.2, 0.25) is 0 Å². The van der Waals surface area contributed by atoms with Crippen LogP contribution in [0.5, 0.6) is 0 Å². The van der Waals surface area contributed by atoms with Gasteiger partial charge in [-0.15, -0.1) is 0 Å². The van der Waals surface area contributed by atoms with E-state index in [4.69, 9.17) is 4.74 Å². The molecule has 1 aromatic carbocycles. The van der Waals surface area contributed by atoms with Crippen molar-refractivity contribution in [3.05, 3.63) is 29.8 Å². The molecule has 0 heterocycles. The van der Waals surface area contributed by atoms with Gasteiger partial charge in [-0.05, 0) is 79.3 Å². The number of rotatable bonds is 7. The van der Waals surface area contributed by atoms with Gasteiger partial charge in [0.25, 0.3) is 5.91 Å². The molecule has 0 saturated heterocycles. The van der Waals surface area contributed by atoms with Crippen LogP contribution in [0.15, 0.2) is 29.2 Å². The second kappa shape index (κ2) is 8.77. The lowest BCUT2D eigenvalue weighted by molar-refractivity contribution is 0.0944. The number of hydrogen-bond acceptors (Lipinski definition) is 4. The lowest BCUT2D eigenvalue weighted by Gasteiger charge is -2.14.